The third-order valence-electron chi connectivity index (χ3n) is 3.51. The normalized spacial score (nSPS) is 13.7. The molecule has 1 saturated carbocycles. The molecule has 0 saturated heterocycles. The van der Waals surface area contributed by atoms with Crippen molar-refractivity contribution in [2.45, 2.75) is 19.4 Å². The van der Waals surface area contributed by atoms with Crippen LogP contribution < -0.4 is 10.9 Å². The lowest BCUT2D eigenvalue weighted by molar-refractivity contribution is -0.123. The van der Waals surface area contributed by atoms with Crippen molar-refractivity contribution < 1.29 is 9.59 Å². The highest BCUT2D eigenvalue weighted by molar-refractivity contribution is 5.94. The summed E-state index contributed by atoms with van der Waals surface area (Å²) in [5, 5.41) is 0. The molecule has 3 rings (SSSR count). The molecule has 108 valence electrons. The van der Waals surface area contributed by atoms with Crippen LogP contribution in [0, 0.1) is 5.92 Å². The highest BCUT2D eigenvalue weighted by Gasteiger charge is 2.29. The third-order valence-corrected chi connectivity index (χ3v) is 3.51. The van der Waals surface area contributed by atoms with Gasteiger partial charge in [0.1, 0.15) is 5.69 Å². The standard InChI is InChI=1S/C16H17N3O2/c20-15(13-8-9-13)17-18-16(21)14-7-4-10-19(14)11-12-5-2-1-3-6-12/h1-7,10,13H,8-9,11H2,(H,17,20)(H,18,21). The van der Waals surface area contributed by atoms with Crippen LogP contribution in [0.5, 0.6) is 0 Å². The van der Waals surface area contributed by atoms with E-state index in [1.807, 2.05) is 47.2 Å². The molecule has 1 aromatic carbocycles. The summed E-state index contributed by atoms with van der Waals surface area (Å²) in [5.74, 6) is -0.337. The van der Waals surface area contributed by atoms with E-state index in [0.717, 1.165) is 18.4 Å². The van der Waals surface area contributed by atoms with Crippen molar-refractivity contribution in [2.24, 2.45) is 5.92 Å². The number of hydrazine groups is 1. The van der Waals surface area contributed by atoms with Gasteiger partial charge in [-0.3, -0.25) is 20.4 Å². The molecule has 21 heavy (non-hydrogen) atoms. The van der Waals surface area contributed by atoms with Crippen molar-refractivity contribution in [1.29, 1.82) is 0 Å². The number of hydrogen-bond donors (Lipinski definition) is 2. The molecule has 2 aromatic rings. The molecule has 2 N–H and O–H groups in total. The fraction of sp³-hybridized carbons (Fsp3) is 0.250. The highest BCUT2D eigenvalue weighted by Crippen LogP contribution is 2.28. The molecule has 1 fully saturated rings. The maximum absolute atomic E-state index is 12.1. The van der Waals surface area contributed by atoms with E-state index in [2.05, 4.69) is 10.9 Å². The van der Waals surface area contributed by atoms with Gasteiger partial charge in [0.25, 0.3) is 5.91 Å². The van der Waals surface area contributed by atoms with Crippen molar-refractivity contribution in [1.82, 2.24) is 15.4 Å². The van der Waals surface area contributed by atoms with Gasteiger partial charge in [0.2, 0.25) is 5.91 Å². The lowest BCUT2D eigenvalue weighted by Gasteiger charge is -2.10. The van der Waals surface area contributed by atoms with E-state index < -0.39 is 0 Å². The van der Waals surface area contributed by atoms with Crippen LogP contribution in [0.4, 0.5) is 0 Å². The molecule has 2 amide bonds. The second kappa shape index (κ2) is 5.83. The maximum atomic E-state index is 12.1. The van der Waals surface area contributed by atoms with Crippen LogP contribution in [-0.2, 0) is 11.3 Å². The van der Waals surface area contributed by atoms with Crippen LogP contribution in [-0.4, -0.2) is 16.4 Å². The van der Waals surface area contributed by atoms with E-state index >= 15 is 0 Å². The predicted molar refractivity (Wildman–Crippen MR) is 78.3 cm³/mol. The average molecular weight is 283 g/mol. The lowest BCUT2D eigenvalue weighted by Crippen LogP contribution is -2.43. The van der Waals surface area contributed by atoms with E-state index in [4.69, 9.17) is 0 Å². The van der Waals surface area contributed by atoms with Gasteiger partial charge in [0.15, 0.2) is 0 Å². The third kappa shape index (κ3) is 3.31. The van der Waals surface area contributed by atoms with Gasteiger partial charge in [-0.25, -0.2) is 0 Å². The van der Waals surface area contributed by atoms with Crippen molar-refractivity contribution in [3.05, 3.63) is 59.9 Å². The highest BCUT2D eigenvalue weighted by atomic mass is 16.2. The van der Waals surface area contributed by atoms with Gasteiger partial charge < -0.3 is 4.57 Å². The zero-order valence-corrected chi connectivity index (χ0v) is 11.6. The zero-order valence-electron chi connectivity index (χ0n) is 11.6. The first-order valence-corrected chi connectivity index (χ1v) is 7.03. The number of hydrogen-bond acceptors (Lipinski definition) is 2. The van der Waals surface area contributed by atoms with Crippen molar-refractivity contribution >= 4 is 11.8 Å². The minimum atomic E-state index is -0.301. The van der Waals surface area contributed by atoms with Gasteiger partial charge in [-0.1, -0.05) is 30.3 Å². The Morgan fingerprint density at radius 2 is 1.81 bits per heavy atom. The fourth-order valence-electron chi connectivity index (χ4n) is 2.17. The lowest BCUT2D eigenvalue weighted by atomic mass is 10.2. The number of benzene rings is 1. The molecule has 5 nitrogen and oxygen atoms in total. The molecular weight excluding hydrogens is 266 g/mol. The molecule has 1 heterocycles. The van der Waals surface area contributed by atoms with Crippen LogP contribution in [0.2, 0.25) is 0 Å². The molecule has 0 atom stereocenters. The van der Waals surface area contributed by atoms with Crippen LogP contribution >= 0.6 is 0 Å². The van der Waals surface area contributed by atoms with Gasteiger partial charge in [0.05, 0.1) is 0 Å². The van der Waals surface area contributed by atoms with Gasteiger partial charge in [-0.15, -0.1) is 0 Å². The minimum Gasteiger partial charge on any atom is -0.339 e. The predicted octanol–water partition coefficient (Wildman–Crippen LogP) is 1.71. The summed E-state index contributed by atoms with van der Waals surface area (Å²) >= 11 is 0. The topological polar surface area (TPSA) is 63.1 Å². The Hall–Kier alpha value is -2.56. The number of rotatable bonds is 4. The molecule has 5 heteroatoms. The number of nitrogens with zero attached hydrogens (tertiary/aromatic N) is 1. The maximum Gasteiger partial charge on any atom is 0.286 e. The second-order valence-corrected chi connectivity index (χ2v) is 5.22. The minimum absolute atomic E-state index is 0.0707. The Kier molecular flexibility index (Phi) is 3.73. The quantitative estimate of drug-likeness (QED) is 0.839. The first kappa shape index (κ1) is 13.4. The fourth-order valence-corrected chi connectivity index (χ4v) is 2.17. The van der Waals surface area contributed by atoms with Crippen molar-refractivity contribution in [2.75, 3.05) is 0 Å². The zero-order chi connectivity index (χ0) is 14.7. The van der Waals surface area contributed by atoms with Crippen molar-refractivity contribution in [3.63, 3.8) is 0 Å². The molecule has 0 spiro atoms. The van der Waals surface area contributed by atoms with Gasteiger partial charge in [-0.05, 0) is 30.5 Å². The molecular formula is C16H17N3O2. The SMILES string of the molecule is O=C(NNC(=O)C1CC1)c1cccn1Cc1ccccc1. The second-order valence-electron chi connectivity index (χ2n) is 5.22. The monoisotopic (exact) mass is 283 g/mol. The summed E-state index contributed by atoms with van der Waals surface area (Å²) in [4.78, 5) is 23.6. The number of nitrogens with one attached hydrogen (secondary N) is 2. The molecule has 0 bridgehead atoms. The Labute approximate surface area is 122 Å². The Morgan fingerprint density at radius 3 is 2.52 bits per heavy atom. The van der Waals surface area contributed by atoms with Crippen molar-refractivity contribution in [3.8, 4) is 0 Å². The van der Waals surface area contributed by atoms with Gasteiger partial charge >= 0.3 is 0 Å². The molecule has 1 aromatic heterocycles. The van der Waals surface area contributed by atoms with Crippen LogP contribution in [0.15, 0.2) is 48.7 Å². The van der Waals surface area contributed by atoms with E-state index in [1.165, 1.54) is 0 Å². The van der Waals surface area contributed by atoms with E-state index in [9.17, 15) is 9.59 Å². The first-order chi connectivity index (χ1) is 10.2. The van der Waals surface area contributed by atoms with Crippen LogP contribution in [0.1, 0.15) is 28.9 Å². The molecule has 0 unspecified atom stereocenters. The molecule has 0 radical (unpaired) electrons. The van der Waals surface area contributed by atoms with E-state index in [1.54, 1.807) is 6.07 Å². The Balaban J connectivity index is 1.63. The summed E-state index contributed by atoms with van der Waals surface area (Å²) in [6.45, 7) is 0.618. The summed E-state index contributed by atoms with van der Waals surface area (Å²) in [5.41, 5.74) is 6.58. The summed E-state index contributed by atoms with van der Waals surface area (Å²) in [6.07, 6.45) is 3.67. The van der Waals surface area contributed by atoms with Crippen LogP contribution in [0.3, 0.4) is 0 Å². The molecule has 1 aliphatic carbocycles. The summed E-state index contributed by atoms with van der Waals surface area (Å²) in [6, 6.07) is 13.5. The number of aromatic nitrogens is 1. The Morgan fingerprint density at radius 1 is 1.05 bits per heavy atom. The van der Waals surface area contributed by atoms with Gasteiger partial charge in [0, 0.05) is 18.7 Å². The number of carbonyl (C=O) groups excluding carboxylic acids is 2. The molecule has 1 aliphatic rings. The largest absolute Gasteiger partial charge is 0.339 e. The van der Waals surface area contributed by atoms with E-state index in [-0.39, 0.29) is 17.7 Å². The van der Waals surface area contributed by atoms with E-state index in [0.29, 0.717) is 12.2 Å². The molecule has 0 aliphatic heterocycles. The Bertz CT molecular complexity index is 645. The number of amides is 2. The smallest absolute Gasteiger partial charge is 0.286 e. The summed E-state index contributed by atoms with van der Waals surface area (Å²) in [7, 11) is 0. The van der Waals surface area contributed by atoms with Crippen LogP contribution in [0.25, 0.3) is 0 Å². The average Bonchev–Trinajstić information content (AvgIpc) is 3.26. The first-order valence-electron chi connectivity index (χ1n) is 7.03. The summed E-state index contributed by atoms with van der Waals surface area (Å²) < 4.78 is 1.86. The number of carbonyl (C=O) groups is 2. The van der Waals surface area contributed by atoms with Gasteiger partial charge in [-0.2, -0.15) is 0 Å².